The number of para-hydroxylation sites is 1. The number of aliphatic hydroxyl groups excluding tert-OH is 1. The van der Waals surface area contributed by atoms with Crippen LogP contribution in [0, 0.1) is 0 Å². The van der Waals surface area contributed by atoms with Crippen LogP contribution in [-0.2, 0) is 0 Å². The molecule has 0 saturated carbocycles. The third kappa shape index (κ3) is 3.69. The number of pyridine rings is 1. The quantitative estimate of drug-likeness (QED) is 0.815. The van der Waals surface area contributed by atoms with E-state index < -0.39 is 0 Å². The van der Waals surface area contributed by atoms with Gasteiger partial charge in [0.1, 0.15) is 0 Å². The van der Waals surface area contributed by atoms with Gasteiger partial charge in [0.05, 0.1) is 12.1 Å². The van der Waals surface area contributed by atoms with E-state index in [4.69, 9.17) is 5.11 Å². The smallest absolute Gasteiger partial charge is 0.0864 e. The summed E-state index contributed by atoms with van der Waals surface area (Å²) in [5.74, 6) is 0. The largest absolute Gasteiger partial charge is 0.395 e. The molecule has 0 amide bonds. The monoisotopic (exact) mass is 337 g/mol. The topological polar surface area (TPSA) is 48.4 Å². The standard InChI is InChI=1S/C15H20BrN3O/c1-2-19(10-11-20)9-8-17-14-6-7-18-15-12(14)4-3-5-13(15)16/h3-7,20H,2,8-11H2,1H3,(H,17,18). The van der Waals surface area contributed by atoms with E-state index in [1.54, 1.807) is 0 Å². The maximum atomic E-state index is 8.98. The molecule has 0 saturated heterocycles. The molecule has 0 bridgehead atoms. The van der Waals surface area contributed by atoms with Gasteiger partial charge in [-0.3, -0.25) is 9.88 Å². The number of halogens is 1. The first-order chi connectivity index (χ1) is 9.76. The highest BCUT2D eigenvalue weighted by Crippen LogP contribution is 2.27. The van der Waals surface area contributed by atoms with E-state index in [9.17, 15) is 0 Å². The van der Waals surface area contributed by atoms with Crippen LogP contribution in [0.3, 0.4) is 0 Å². The number of nitrogens with zero attached hydrogens (tertiary/aromatic N) is 2. The number of likely N-dealkylation sites (N-methyl/N-ethyl adjacent to an activating group) is 1. The molecule has 1 aromatic heterocycles. The number of benzene rings is 1. The number of rotatable bonds is 7. The van der Waals surface area contributed by atoms with Crippen molar-refractivity contribution in [2.24, 2.45) is 0 Å². The highest BCUT2D eigenvalue weighted by Gasteiger charge is 2.05. The van der Waals surface area contributed by atoms with Gasteiger partial charge in [-0.1, -0.05) is 19.1 Å². The lowest BCUT2D eigenvalue weighted by Gasteiger charge is -2.19. The average Bonchev–Trinajstić information content (AvgIpc) is 2.47. The van der Waals surface area contributed by atoms with Crippen molar-refractivity contribution in [3.05, 3.63) is 34.9 Å². The molecule has 0 fully saturated rings. The predicted octanol–water partition coefficient (Wildman–Crippen LogP) is 2.72. The number of aliphatic hydroxyl groups is 1. The van der Waals surface area contributed by atoms with E-state index in [0.717, 1.165) is 47.2 Å². The van der Waals surface area contributed by atoms with Crippen LogP contribution < -0.4 is 5.32 Å². The van der Waals surface area contributed by atoms with E-state index in [1.165, 1.54) is 0 Å². The van der Waals surface area contributed by atoms with E-state index in [0.29, 0.717) is 0 Å². The van der Waals surface area contributed by atoms with Crippen LogP contribution in [0.1, 0.15) is 6.92 Å². The summed E-state index contributed by atoms with van der Waals surface area (Å²) in [6.07, 6.45) is 1.82. The Labute approximate surface area is 127 Å². The lowest BCUT2D eigenvalue weighted by Crippen LogP contribution is -2.31. The molecule has 108 valence electrons. The zero-order chi connectivity index (χ0) is 14.4. The zero-order valence-corrected chi connectivity index (χ0v) is 13.2. The third-order valence-electron chi connectivity index (χ3n) is 3.33. The zero-order valence-electron chi connectivity index (χ0n) is 11.6. The van der Waals surface area contributed by atoms with Crippen LogP contribution >= 0.6 is 15.9 Å². The minimum absolute atomic E-state index is 0.207. The average molecular weight is 338 g/mol. The van der Waals surface area contributed by atoms with Crippen molar-refractivity contribution in [1.29, 1.82) is 0 Å². The van der Waals surface area contributed by atoms with Gasteiger partial charge in [-0.2, -0.15) is 0 Å². The molecule has 20 heavy (non-hydrogen) atoms. The number of anilines is 1. The Hall–Kier alpha value is -1.17. The second-order valence-corrected chi connectivity index (χ2v) is 5.43. The summed E-state index contributed by atoms with van der Waals surface area (Å²) in [7, 11) is 0. The normalized spacial score (nSPS) is 11.2. The molecular weight excluding hydrogens is 318 g/mol. The van der Waals surface area contributed by atoms with Crippen LogP contribution in [-0.4, -0.2) is 47.8 Å². The molecule has 0 radical (unpaired) electrons. The number of hydrogen-bond acceptors (Lipinski definition) is 4. The fraction of sp³-hybridized carbons (Fsp3) is 0.400. The van der Waals surface area contributed by atoms with Gasteiger partial charge in [0, 0.05) is 41.4 Å². The Bertz CT molecular complexity index is 562. The molecule has 2 aromatic rings. The molecule has 1 heterocycles. The van der Waals surface area contributed by atoms with Crippen molar-refractivity contribution in [3.8, 4) is 0 Å². The Morgan fingerprint density at radius 3 is 2.90 bits per heavy atom. The van der Waals surface area contributed by atoms with Gasteiger partial charge < -0.3 is 10.4 Å². The van der Waals surface area contributed by atoms with Crippen LogP contribution in [0.5, 0.6) is 0 Å². The van der Waals surface area contributed by atoms with Crippen molar-refractivity contribution >= 4 is 32.5 Å². The molecule has 0 atom stereocenters. The summed E-state index contributed by atoms with van der Waals surface area (Å²) in [6.45, 7) is 5.74. The first-order valence-electron chi connectivity index (χ1n) is 6.86. The second kappa shape index (κ2) is 7.57. The Morgan fingerprint density at radius 1 is 1.30 bits per heavy atom. The Balaban J connectivity index is 2.05. The highest BCUT2D eigenvalue weighted by molar-refractivity contribution is 9.10. The van der Waals surface area contributed by atoms with Gasteiger partial charge in [-0.25, -0.2) is 0 Å². The molecule has 1 aromatic carbocycles. The maximum absolute atomic E-state index is 8.98. The van der Waals surface area contributed by atoms with Gasteiger partial charge in [0.2, 0.25) is 0 Å². The van der Waals surface area contributed by atoms with Crippen molar-refractivity contribution in [2.45, 2.75) is 6.92 Å². The first-order valence-corrected chi connectivity index (χ1v) is 7.66. The summed E-state index contributed by atoms with van der Waals surface area (Å²) in [4.78, 5) is 6.61. The molecule has 0 aliphatic heterocycles. The summed E-state index contributed by atoms with van der Waals surface area (Å²) in [5, 5.41) is 13.6. The fourth-order valence-corrected chi connectivity index (χ4v) is 2.68. The van der Waals surface area contributed by atoms with Crippen molar-refractivity contribution in [1.82, 2.24) is 9.88 Å². The van der Waals surface area contributed by atoms with E-state index in [2.05, 4.69) is 44.1 Å². The third-order valence-corrected chi connectivity index (χ3v) is 3.97. The lowest BCUT2D eigenvalue weighted by atomic mass is 10.2. The fourth-order valence-electron chi connectivity index (χ4n) is 2.21. The van der Waals surface area contributed by atoms with Crippen LogP contribution in [0.15, 0.2) is 34.9 Å². The molecule has 0 aliphatic carbocycles. The Morgan fingerprint density at radius 2 is 2.15 bits per heavy atom. The number of nitrogens with one attached hydrogen (secondary N) is 1. The van der Waals surface area contributed by atoms with Crippen LogP contribution in [0.2, 0.25) is 0 Å². The van der Waals surface area contributed by atoms with E-state index in [-0.39, 0.29) is 6.61 Å². The van der Waals surface area contributed by atoms with Crippen molar-refractivity contribution in [3.63, 3.8) is 0 Å². The molecular formula is C15H20BrN3O. The van der Waals surface area contributed by atoms with E-state index >= 15 is 0 Å². The summed E-state index contributed by atoms with van der Waals surface area (Å²) >= 11 is 3.53. The molecule has 2 rings (SSSR count). The number of hydrogen-bond donors (Lipinski definition) is 2. The van der Waals surface area contributed by atoms with E-state index in [1.807, 2.05) is 24.4 Å². The highest BCUT2D eigenvalue weighted by atomic mass is 79.9. The molecule has 0 spiro atoms. The van der Waals surface area contributed by atoms with Gasteiger partial charge in [-0.15, -0.1) is 0 Å². The van der Waals surface area contributed by atoms with Crippen LogP contribution in [0.4, 0.5) is 5.69 Å². The van der Waals surface area contributed by atoms with Gasteiger partial charge >= 0.3 is 0 Å². The molecule has 2 N–H and O–H groups in total. The molecule has 5 heteroatoms. The first kappa shape index (κ1) is 15.2. The molecule has 4 nitrogen and oxygen atoms in total. The SMILES string of the molecule is CCN(CCO)CCNc1ccnc2c(Br)cccc12. The van der Waals surface area contributed by atoms with Gasteiger partial charge in [0.25, 0.3) is 0 Å². The summed E-state index contributed by atoms with van der Waals surface area (Å²) < 4.78 is 1.01. The summed E-state index contributed by atoms with van der Waals surface area (Å²) in [5.41, 5.74) is 2.07. The molecule has 0 aliphatic rings. The Kier molecular flexibility index (Phi) is 5.76. The summed E-state index contributed by atoms with van der Waals surface area (Å²) in [6, 6.07) is 8.08. The second-order valence-electron chi connectivity index (χ2n) is 4.58. The minimum Gasteiger partial charge on any atom is -0.395 e. The lowest BCUT2D eigenvalue weighted by molar-refractivity contribution is 0.206. The van der Waals surface area contributed by atoms with Crippen LogP contribution in [0.25, 0.3) is 10.9 Å². The van der Waals surface area contributed by atoms with Crippen molar-refractivity contribution in [2.75, 3.05) is 38.1 Å². The number of fused-ring (bicyclic) bond motifs is 1. The predicted molar refractivity (Wildman–Crippen MR) is 87.1 cm³/mol. The molecule has 0 unspecified atom stereocenters. The van der Waals surface area contributed by atoms with Gasteiger partial charge in [-0.05, 0) is 34.6 Å². The number of aromatic nitrogens is 1. The maximum Gasteiger partial charge on any atom is 0.0864 e. The van der Waals surface area contributed by atoms with Gasteiger partial charge in [0.15, 0.2) is 0 Å². The van der Waals surface area contributed by atoms with Crippen molar-refractivity contribution < 1.29 is 5.11 Å². The minimum atomic E-state index is 0.207.